The molecule has 1 aromatic carbocycles. The van der Waals surface area contributed by atoms with Gasteiger partial charge in [0.15, 0.2) is 6.10 Å². The van der Waals surface area contributed by atoms with Crippen molar-refractivity contribution in [2.45, 2.75) is 70.4 Å². The molecule has 0 heterocycles. The largest absolute Gasteiger partial charge is 0.359 e. The standard InChI is InChI=1S/C22H35ClO5SSi/c1-16(2)30(17(3)4,18(5)6)14-13-21(28-29(8,24)25)22(27-15-26-7)19-9-11-20(23)12-10-19/h9-12,16-18,21-22H,15H2,1-8H3/t21-,22+/m0/s1. The van der Waals surface area contributed by atoms with E-state index in [4.69, 9.17) is 25.3 Å². The third-order valence-electron chi connectivity index (χ3n) is 5.41. The van der Waals surface area contributed by atoms with Gasteiger partial charge in [0.25, 0.3) is 10.1 Å². The van der Waals surface area contributed by atoms with E-state index in [9.17, 15) is 8.42 Å². The number of rotatable bonds is 10. The highest BCUT2D eigenvalue weighted by Gasteiger charge is 2.42. The summed E-state index contributed by atoms with van der Waals surface area (Å²) in [7, 11) is -4.36. The molecule has 2 atom stereocenters. The Morgan fingerprint density at radius 1 is 1.00 bits per heavy atom. The predicted octanol–water partition coefficient (Wildman–Crippen LogP) is 5.57. The van der Waals surface area contributed by atoms with E-state index in [2.05, 4.69) is 53.0 Å². The minimum Gasteiger partial charge on any atom is -0.359 e. The molecule has 170 valence electrons. The fourth-order valence-electron chi connectivity index (χ4n) is 4.12. The van der Waals surface area contributed by atoms with Crippen molar-refractivity contribution in [1.29, 1.82) is 0 Å². The zero-order chi connectivity index (χ0) is 23.1. The normalized spacial score (nSPS) is 14.7. The molecule has 0 fully saturated rings. The van der Waals surface area contributed by atoms with Gasteiger partial charge in [-0.1, -0.05) is 71.2 Å². The highest BCUT2D eigenvalue weighted by molar-refractivity contribution is 7.86. The molecule has 0 aliphatic heterocycles. The first-order chi connectivity index (χ1) is 13.8. The lowest BCUT2D eigenvalue weighted by atomic mass is 10.0. The van der Waals surface area contributed by atoms with Gasteiger partial charge in [0, 0.05) is 12.1 Å². The molecule has 0 aliphatic rings. The molecule has 30 heavy (non-hydrogen) atoms. The van der Waals surface area contributed by atoms with Gasteiger partial charge >= 0.3 is 0 Å². The minimum absolute atomic E-state index is 0.0281. The van der Waals surface area contributed by atoms with E-state index in [0.717, 1.165) is 6.26 Å². The maximum Gasteiger partial charge on any atom is 0.265 e. The molecule has 0 saturated heterocycles. The van der Waals surface area contributed by atoms with Crippen molar-refractivity contribution in [3.05, 3.63) is 34.9 Å². The lowest BCUT2D eigenvalue weighted by Crippen LogP contribution is -2.43. The quantitative estimate of drug-likeness (QED) is 0.192. The molecule has 0 radical (unpaired) electrons. The molecule has 0 aliphatic carbocycles. The van der Waals surface area contributed by atoms with Crippen LogP contribution in [0.5, 0.6) is 0 Å². The summed E-state index contributed by atoms with van der Waals surface area (Å²) in [4.78, 5) is 0. The Balaban J connectivity index is 3.57. The number of hydrogen-bond donors (Lipinski definition) is 0. The third-order valence-corrected chi connectivity index (χ3v) is 12.5. The van der Waals surface area contributed by atoms with Crippen molar-refractivity contribution in [1.82, 2.24) is 0 Å². The van der Waals surface area contributed by atoms with E-state index >= 15 is 0 Å². The van der Waals surface area contributed by atoms with Crippen LogP contribution in [0.4, 0.5) is 0 Å². The SMILES string of the molecule is COCO[C@H](c1ccc(Cl)cc1)[C@H](C#C[Si](C(C)C)(C(C)C)C(C)C)OS(C)(=O)=O. The average molecular weight is 475 g/mol. The predicted molar refractivity (Wildman–Crippen MR) is 126 cm³/mol. The molecule has 0 bridgehead atoms. The zero-order valence-corrected chi connectivity index (χ0v) is 21.8. The summed E-state index contributed by atoms with van der Waals surface area (Å²) in [5, 5.41) is 0.571. The molecule has 0 spiro atoms. The zero-order valence-electron chi connectivity index (χ0n) is 19.2. The van der Waals surface area contributed by atoms with Crippen molar-refractivity contribution < 1.29 is 22.1 Å². The fraction of sp³-hybridized carbons (Fsp3) is 0.636. The van der Waals surface area contributed by atoms with E-state index in [1.165, 1.54) is 7.11 Å². The van der Waals surface area contributed by atoms with Gasteiger partial charge in [0.2, 0.25) is 0 Å². The van der Waals surface area contributed by atoms with E-state index in [1.807, 2.05) is 0 Å². The Bertz CT molecular complexity index is 804. The van der Waals surface area contributed by atoms with Crippen molar-refractivity contribution in [2.24, 2.45) is 0 Å². The maximum atomic E-state index is 12.0. The second kappa shape index (κ2) is 11.7. The Kier molecular flexibility index (Phi) is 10.5. The molecule has 0 N–H and O–H groups in total. The van der Waals surface area contributed by atoms with Gasteiger partial charge in [-0.3, -0.25) is 4.18 Å². The molecular formula is C22H35ClO5SSi. The minimum atomic E-state index is -3.77. The summed E-state index contributed by atoms with van der Waals surface area (Å²) in [6.45, 7) is 13.2. The van der Waals surface area contributed by atoms with Gasteiger partial charge in [-0.05, 0) is 34.3 Å². The smallest absolute Gasteiger partial charge is 0.265 e. The second-order valence-electron chi connectivity index (χ2n) is 8.43. The summed E-state index contributed by atoms with van der Waals surface area (Å²) in [6, 6.07) is 7.00. The number of methoxy groups -OCH3 is 1. The number of halogens is 1. The number of ether oxygens (including phenoxy) is 2. The molecular weight excluding hydrogens is 440 g/mol. The van der Waals surface area contributed by atoms with Crippen LogP contribution in [0, 0.1) is 11.5 Å². The van der Waals surface area contributed by atoms with Crippen LogP contribution >= 0.6 is 11.6 Å². The summed E-state index contributed by atoms with van der Waals surface area (Å²) in [6.07, 6.45) is -0.725. The van der Waals surface area contributed by atoms with Crippen molar-refractivity contribution in [2.75, 3.05) is 20.2 Å². The summed E-state index contributed by atoms with van der Waals surface area (Å²) >= 11 is 6.02. The van der Waals surface area contributed by atoms with Gasteiger partial charge < -0.3 is 9.47 Å². The summed E-state index contributed by atoms with van der Waals surface area (Å²) in [5.74, 6) is 3.18. The maximum absolute atomic E-state index is 12.0. The van der Waals surface area contributed by atoms with Crippen LogP contribution in [-0.2, 0) is 23.8 Å². The van der Waals surface area contributed by atoms with Crippen LogP contribution in [-0.4, -0.2) is 42.8 Å². The van der Waals surface area contributed by atoms with Crippen molar-refractivity contribution in [3.63, 3.8) is 0 Å². The molecule has 0 unspecified atom stereocenters. The van der Waals surface area contributed by atoms with Gasteiger partial charge in [-0.15, -0.1) is 5.54 Å². The lowest BCUT2D eigenvalue weighted by molar-refractivity contribution is -0.0968. The van der Waals surface area contributed by atoms with E-state index in [0.29, 0.717) is 27.2 Å². The van der Waals surface area contributed by atoms with Crippen LogP contribution in [0.3, 0.4) is 0 Å². The van der Waals surface area contributed by atoms with Crippen LogP contribution in [0.15, 0.2) is 24.3 Å². The molecule has 1 rings (SSSR count). The highest BCUT2D eigenvalue weighted by Crippen LogP contribution is 2.41. The lowest BCUT2D eigenvalue weighted by Gasteiger charge is -2.38. The van der Waals surface area contributed by atoms with E-state index in [1.54, 1.807) is 24.3 Å². The summed E-state index contributed by atoms with van der Waals surface area (Å²) in [5.41, 5.74) is 5.46. The van der Waals surface area contributed by atoms with E-state index in [-0.39, 0.29) is 6.79 Å². The van der Waals surface area contributed by atoms with Gasteiger partial charge in [0.05, 0.1) is 6.26 Å². The molecule has 8 heteroatoms. The Labute approximate surface area is 188 Å². The average Bonchev–Trinajstić information content (AvgIpc) is 2.61. The van der Waals surface area contributed by atoms with Crippen molar-refractivity contribution in [3.8, 4) is 11.5 Å². The van der Waals surface area contributed by atoms with Crippen LogP contribution in [0.1, 0.15) is 53.2 Å². The first kappa shape index (κ1) is 27.2. The topological polar surface area (TPSA) is 61.8 Å². The fourth-order valence-corrected chi connectivity index (χ4v) is 10.0. The van der Waals surface area contributed by atoms with E-state index < -0.39 is 30.4 Å². The number of benzene rings is 1. The first-order valence-corrected chi connectivity index (χ1v) is 14.5. The third kappa shape index (κ3) is 7.36. The molecule has 0 saturated carbocycles. The van der Waals surface area contributed by atoms with Crippen molar-refractivity contribution >= 4 is 29.8 Å². The first-order valence-electron chi connectivity index (χ1n) is 10.1. The second-order valence-corrected chi connectivity index (χ2v) is 16.1. The molecule has 1 aromatic rings. The summed E-state index contributed by atoms with van der Waals surface area (Å²) < 4.78 is 40.4. The van der Waals surface area contributed by atoms with Gasteiger partial charge in [0.1, 0.15) is 21.0 Å². The van der Waals surface area contributed by atoms with Gasteiger partial charge in [-0.2, -0.15) is 8.42 Å². The van der Waals surface area contributed by atoms with Gasteiger partial charge in [-0.25, -0.2) is 0 Å². The molecule has 0 aromatic heterocycles. The van der Waals surface area contributed by atoms with Crippen LogP contribution < -0.4 is 0 Å². The Hall–Kier alpha value is -0.883. The Morgan fingerprint density at radius 3 is 1.90 bits per heavy atom. The van der Waals surface area contributed by atoms with Crippen LogP contribution in [0.2, 0.25) is 21.6 Å². The number of hydrogen-bond acceptors (Lipinski definition) is 5. The molecule has 5 nitrogen and oxygen atoms in total. The monoisotopic (exact) mass is 474 g/mol. The van der Waals surface area contributed by atoms with Crippen LogP contribution in [0.25, 0.3) is 0 Å². The Morgan fingerprint density at radius 2 is 1.50 bits per heavy atom. The highest BCUT2D eigenvalue weighted by atomic mass is 35.5. The molecule has 0 amide bonds.